The lowest BCUT2D eigenvalue weighted by Gasteiger charge is -2.15. The smallest absolute Gasteiger partial charge is 0.311 e. The van der Waals surface area contributed by atoms with Crippen molar-refractivity contribution < 1.29 is 19.4 Å². The Balaban J connectivity index is 2.32. The number of pyridine rings is 1. The number of carboxylic acids is 1. The standard InChI is InChI=1S/C16H17NO4/c1-20-14-4-3-12(10-15(14)21-2)13(16(18)19)9-11-5-7-17-8-6-11/h3-8,10,13H,9H2,1-2H3,(H,18,19). The minimum absolute atomic E-state index is 0.396. The second-order valence-corrected chi connectivity index (χ2v) is 4.56. The maximum Gasteiger partial charge on any atom is 0.311 e. The van der Waals surface area contributed by atoms with Gasteiger partial charge in [0.15, 0.2) is 11.5 Å². The van der Waals surface area contributed by atoms with E-state index in [0.29, 0.717) is 23.5 Å². The van der Waals surface area contributed by atoms with Crippen molar-refractivity contribution >= 4 is 5.97 Å². The van der Waals surface area contributed by atoms with Gasteiger partial charge in [-0.05, 0) is 41.8 Å². The maximum atomic E-state index is 11.6. The van der Waals surface area contributed by atoms with Gasteiger partial charge < -0.3 is 14.6 Å². The summed E-state index contributed by atoms with van der Waals surface area (Å²) in [6.07, 6.45) is 3.71. The van der Waals surface area contributed by atoms with Gasteiger partial charge >= 0.3 is 5.97 Å². The number of ether oxygens (including phenoxy) is 2. The van der Waals surface area contributed by atoms with Crippen LogP contribution in [0.3, 0.4) is 0 Å². The number of hydrogen-bond donors (Lipinski definition) is 1. The third-order valence-corrected chi connectivity index (χ3v) is 3.30. The monoisotopic (exact) mass is 287 g/mol. The summed E-state index contributed by atoms with van der Waals surface area (Å²) in [7, 11) is 3.07. The molecule has 2 rings (SSSR count). The number of carboxylic acid groups (broad SMARTS) is 1. The van der Waals surface area contributed by atoms with Gasteiger partial charge in [0.05, 0.1) is 20.1 Å². The number of carbonyl (C=O) groups is 1. The topological polar surface area (TPSA) is 68.7 Å². The fourth-order valence-corrected chi connectivity index (χ4v) is 2.17. The highest BCUT2D eigenvalue weighted by Crippen LogP contribution is 2.32. The van der Waals surface area contributed by atoms with Gasteiger partial charge in [-0.2, -0.15) is 0 Å². The normalized spacial score (nSPS) is 11.7. The van der Waals surface area contributed by atoms with Gasteiger partial charge in [-0.3, -0.25) is 9.78 Å². The van der Waals surface area contributed by atoms with Crippen molar-refractivity contribution in [3.05, 3.63) is 53.9 Å². The van der Waals surface area contributed by atoms with Gasteiger partial charge in [0.25, 0.3) is 0 Å². The van der Waals surface area contributed by atoms with Crippen LogP contribution < -0.4 is 9.47 Å². The Morgan fingerprint density at radius 3 is 2.38 bits per heavy atom. The highest BCUT2D eigenvalue weighted by Gasteiger charge is 2.22. The first-order valence-corrected chi connectivity index (χ1v) is 6.49. The number of rotatable bonds is 6. The molecule has 1 aromatic carbocycles. The van der Waals surface area contributed by atoms with Gasteiger partial charge in [-0.25, -0.2) is 0 Å². The predicted molar refractivity (Wildman–Crippen MR) is 77.9 cm³/mol. The van der Waals surface area contributed by atoms with Gasteiger partial charge in [-0.1, -0.05) is 6.07 Å². The fourth-order valence-electron chi connectivity index (χ4n) is 2.17. The molecule has 0 spiro atoms. The number of aliphatic carboxylic acids is 1. The van der Waals surface area contributed by atoms with Crippen LogP contribution in [0, 0.1) is 0 Å². The highest BCUT2D eigenvalue weighted by molar-refractivity contribution is 5.77. The van der Waals surface area contributed by atoms with E-state index in [0.717, 1.165) is 5.56 Å². The van der Waals surface area contributed by atoms with Gasteiger partial charge in [0, 0.05) is 12.4 Å². The molecule has 0 amide bonds. The molecular weight excluding hydrogens is 270 g/mol. The average molecular weight is 287 g/mol. The number of benzene rings is 1. The molecule has 5 heteroatoms. The van der Waals surface area contributed by atoms with Crippen LogP contribution in [-0.4, -0.2) is 30.3 Å². The third-order valence-electron chi connectivity index (χ3n) is 3.30. The Bertz CT molecular complexity index is 613. The van der Waals surface area contributed by atoms with Gasteiger partial charge in [0.2, 0.25) is 0 Å². The second kappa shape index (κ2) is 6.74. The summed E-state index contributed by atoms with van der Waals surface area (Å²) in [5.74, 6) is -0.420. The first kappa shape index (κ1) is 14.8. The minimum atomic E-state index is -0.876. The Morgan fingerprint density at radius 1 is 1.14 bits per heavy atom. The van der Waals surface area contributed by atoms with E-state index < -0.39 is 11.9 Å². The van der Waals surface area contributed by atoms with Crippen LogP contribution >= 0.6 is 0 Å². The zero-order valence-corrected chi connectivity index (χ0v) is 11.9. The SMILES string of the molecule is COc1ccc(C(Cc2ccncc2)C(=O)O)cc1OC. The lowest BCUT2D eigenvalue weighted by Crippen LogP contribution is -2.14. The number of hydrogen-bond acceptors (Lipinski definition) is 4. The summed E-state index contributed by atoms with van der Waals surface area (Å²) in [5.41, 5.74) is 1.60. The van der Waals surface area contributed by atoms with Crippen molar-refractivity contribution in [2.75, 3.05) is 14.2 Å². The van der Waals surface area contributed by atoms with E-state index in [1.807, 2.05) is 12.1 Å². The van der Waals surface area contributed by atoms with E-state index in [4.69, 9.17) is 9.47 Å². The summed E-state index contributed by atoms with van der Waals surface area (Å²) >= 11 is 0. The molecule has 0 saturated carbocycles. The molecule has 1 N–H and O–H groups in total. The van der Waals surface area contributed by atoms with Crippen LogP contribution in [-0.2, 0) is 11.2 Å². The fraction of sp³-hybridized carbons (Fsp3) is 0.250. The number of methoxy groups -OCH3 is 2. The molecule has 0 aliphatic carbocycles. The summed E-state index contributed by atoms with van der Waals surface area (Å²) < 4.78 is 10.4. The molecule has 110 valence electrons. The zero-order chi connectivity index (χ0) is 15.2. The van der Waals surface area contributed by atoms with E-state index in [1.54, 1.807) is 37.7 Å². The quantitative estimate of drug-likeness (QED) is 0.884. The van der Waals surface area contributed by atoms with Crippen LogP contribution in [0.2, 0.25) is 0 Å². The number of nitrogens with zero attached hydrogens (tertiary/aromatic N) is 1. The van der Waals surface area contributed by atoms with E-state index in [2.05, 4.69) is 4.98 Å². The minimum Gasteiger partial charge on any atom is -0.493 e. The summed E-state index contributed by atoms with van der Waals surface area (Å²) in [6, 6.07) is 8.81. The second-order valence-electron chi connectivity index (χ2n) is 4.56. The van der Waals surface area contributed by atoms with Crippen LogP contribution in [0.25, 0.3) is 0 Å². The predicted octanol–water partition coefficient (Wildman–Crippen LogP) is 2.51. The molecule has 1 unspecified atom stereocenters. The highest BCUT2D eigenvalue weighted by atomic mass is 16.5. The molecule has 1 atom stereocenters. The molecule has 21 heavy (non-hydrogen) atoms. The van der Waals surface area contributed by atoms with Crippen molar-refractivity contribution in [1.29, 1.82) is 0 Å². The van der Waals surface area contributed by atoms with E-state index in [1.165, 1.54) is 7.11 Å². The summed E-state index contributed by atoms with van der Waals surface area (Å²) in [6.45, 7) is 0. The van der Waals surface area contributed by atoms with Gasteiger partial charge in [0.1, 0.15) is 0 Å². The molecule has 1 aromatic heterocycles. The Kier molecular flexibility index (Phi) is 4.77. The molecule has 1 heterocycles. The molecule has 0 bridgehead atoms. The largest absolute Gasteiger partial charge is 0.493 e. The van der Waals surface area contributed by atoms with Crippen molar-refractivity contribution in [3.63, 3.8) is 0 Å². The molecule has 0 aliphatic heterocycles. The first-order chi connectivity index (χ1) is 10.2. The lowest BCUT2D eigenvalue weighted by atomic mass is 9.92. The number of aromatic nitrogens is 1. The molecule has 2 aromatic rings. The van der Waals surface area contributed by atoms with Crippen molar-refractivity contribution in [3.8, 4) is 11.5 Å². The van der Waals surface area contributed by atoms with Crippen molar-refractivity contribution in [1.82, 2.24) is 4.98 Å². The van der Waals surface area contributed by atoms with Crippen molar-refractivity contribution in [2.45, 2.75) is 12.3 Å². The zero-order valence-electron chi connectivity index (χ0n) is 11.9. The Labute approximate surface area is 123 Å². The van der Waals surface area contributed by atoms with Crippen LogP contribution in [0.5, 0.6) is 11.5 Å². The van der Waals surface area contributed by atoms with Crippen LogP contribution in [0.1, 0.15) is 17.0 Å². The molecule has 5 nitrogen and oxygen atoms in total. The van der Waals surface area contributed by atoms with Crippen LogP contribution in [0.4, 0.5) is 0 Å². The third kappa shape index (κ3) is 3.51. The van der Waals surface area contributed by atoms with Gasteiger partial charge in [-0.15, -0.1) is 0 Å². The summed E-state index contributed by atoms with van der Waals surface area (Å²) in [4.78, 5) is 15.5. The molecule has 0 fully saturated rings. The molecular formula is C16H17NO4. The Morgan fingerprint density at radius 2 is 1.81 bits per heavy atom. The van der Waals surface area contributed by atoms with E-state index in [-0.39, 0.29) is 0 Å². The van der Waals surface area contributed by atoms with Crippen molar-refractivity contribution in [2.24, 2.45) is 0 Å². The van der Waals surface area contributed by atoms with Crippen LogP contribution in [0.15, 0.2) is 42.7 Å². The lowest BCUT2D eigenvalue weighted by molar-refractivity contribution is -0.138. The maximum absolute atomic E-state index is 11.6. The Hall–Kier alpha value is -2.56. The molecule has 0 radical (unpaired) electrons. The molecule has 0 aliphatic rings. The molecule has 0 saturated heterocycles. The van der Waals surface area contributed by atoms with E-state index in [9.17, 15) is 9.90 Å². The van der Waals surface area contributed by atoms with E-state index >= 15 is 0 Å². The first-order valence-electron chi connectivity index (χ1n) is 6.49. The average Bonchev–Trinajstić information content (AvgIpc) is 2.52. The summed E-state index contributed by atoms with van der Waals surface area (Å²) in [5, 5.41) is 9.49.